The number of nitrogens with zero attached hydrogens (tertiary/aromatic N) is 3. The number of cyclic esters (lactones) is 1. The number of aliphatic hydroxyl groups excluding tert-OH is 1. The van der Waals surface area contributed by atoms with E-state index in [4.69, 9.17) is 9.47 Å². The number of fused-ring (bicyclic) bond motifs is 2. The van der Waals surface area contributed by atoms with Crippen molar-refractivity contribution in [3.05, 3.63) is 48.6 Å². The third kappa shape index (κ3) is 4.53. The van der Waals surface area contributed by atoms with Gasteiger partial charge < -0.3 is 29.3 Å². The Morgan fingerprint density at radius 3 is 2.45 bits per heavy atom. The van der Waals surface area contributed by atoms with Crippen LogP contribution in [-0.4, -0.2) is 84.4 Å². The lowest BCUT2D eigenvalue weighted by molar-refractivity contribution is -0.155. The van der Waals surface area contributed by atoms with Gasteiger partial charge in [-0.05, 0) is 56.9 Å². The van der Waals surface area contributed by atoms with Crippen LogP contribution in [0, 0.1) is 17.8 Å². The van der Waals surface area contributed by atoms with Gasteiger partial charge >= 0.3 is 5.97 Å². The highest BCUT2D eigenvalue weighted by molar-refractivity contribution is 6.05. The van der Waals surface area contributed by atoms with Gasteiger partial charge in [0.1, 0.15) is 17.6 Å². The zero-order valence-corrected chi connectivity index (χ0v) is 23.9. The van der Waals surface area contributed by atoms with E-state index >= 15 is 0 Å². The van der Waals surface area contributed by atoms with E-state index in [0.29, 0.717) is 18.7 Å². The zero-order chi connectivity index (χ0) is 28.6. The summed E-state index contributed by atoms with van der Waals surface area (Å²) in [6.45, 7) is 10.0. The molecule has 0 bridgehead atoms. The summed E-state index contributed by atoms with van der Waals surface area (Å²) in [6, 6.07) is 6.20. The fraction of sp³-hybridized carbons (Fsp3) is 0.581. The molecule has 0 aliphatic carbocycles. The second kappa shape index (κ2) is 11.4. The molecular formula is C31H41N3O6. The lowest BCUT2D eigenvalue weighted by atomic mass is 9.78. The van der Waals surface area contributed by atoms with E-state index in [9.17, 15) is 19.5 Å². The molecule has 4 aliphatic heterocycles. The number of carbonyl (C=O) groups is 3. The molecule has 5 rings (SSSR count). The van der Waals surface area contributed by atoms with Crippen molar-refractivity contribution in [3.8, 4) is 0 Å². The number of hydrogen-bond donors (Lipinski definition) is 1. The highest BCUT2D eigenvalue weighted by Gasteiger charge is 2.72. The highest BCUT2D eigenvalue weighted by Crippen LogP contribution is 2.54. The molecule has 1 N–H and O–H groups in total. The van der Waals surface area contributed by atoms with Crippen LogP contribution in [0.5, 0.6) is 0 Å². The van der Waals surface area contributed by atoms with E-state index < -0.39 is 41.6 Å². The predicted octanol–water partition coefficient (Wildman–Crippen LogP) is 2.93. The van der Waals surface area contributed by atoms with E-state index in [1.165, 1.54) is 4.90 Å². The van der Waals surface area contributed by atoms with E-state index in [0.717, 1.165) is 25.2 Å². The van der Waals surface area contributed by atoms with Crippen molar-refractivity contribution >= 4 is 29.2 Å². The van der Waals surface area contributed by atoms with Crippen molar-refractivity contribution in [1.82, 2.24) is 4.90 Å². The molecule has 1 unspecified atom stereocenters. The third-order valence-electron chi connectivity index (χ3n) is 8.89. The van der Waals surface area contributed by atoms with E-state index in [2.05, 4.69) is 18.7 Å². The molecule has 2 amide bonds. The number of amides is 2. The zero-order valence-electron chi connectivity index (χ0n) is 23.9. The average Bonchev–Trinajstić information content (AvgIpc) is 3.35. The molecule has 4 heterocycles. The summed E-state index contributed by atoms with van der Waals surface area (Å²) in [7, 11) is 0. The Kier molecular flexibility index (Phi) is 8.06. The number of ether oxygens (including phenoxy) is 2. The van der Waals surface area contributed by atoms with Crippen molar-refractivity contribution in [2.24, 2.45) is 17.8 Å². The summed E-state index contributed by atoms with van der Waals surface area (Å²) in [5.41, 5.74) is 0.422. The smallest absolute Gasteiger partial charge is 0.312 e. The Hall–Kier alpha value is -3.17. The number of rotatable bonds is 7. The molecule has 9 nitrogen and oxygen atoms in total. The van der Waals surface area contributed by atoms with Crippen LogP contribution < -0.4 is 9.80 Å². The molecule has 216 valence electrons. The van der Waals surface area contributed by atoms with E-state index in [1.54, 1.807) is 4.90 Å². The number of likely N-dealkylation sites (tertiary alicyclic amines) is 1. The summed E-state index contributed by atoms with van der Waals surface area (Å²) in [5.74, 6) is -3.07. The molecule has 1 spiro atoms. The Morgan fingerprint density at radius 2 is 1.80 bits per heavy atom. The second-order valence-electron chi connectivity index (χ2n) is 11.4. The van der Waals surface area contributed by atoms with Gasteiger partial charge in [-0.15, -0.1) is 0 Å². The molecular weight excluding hydrogens is 510 g/mol. The molecule has 6 atom stereocenters. The summed E-state index contributed by atoms with van der Waals surface area (Å²) in [6.07, 6.45) is 8.23. The van der Waals surface area contributed by atoms with Crippen molar-refractivity contribution < 1.29 is 29.0 Å². The maximum atomic E-state index is 14.6. The van der Waals surface area contributed by atoms with Crippen LogP contribution in [0.2, 0.25) is 0 Å². The Morgan fingerprint density at radius 1 is 1.07 bits per heavy atom. The Labute approximate surface area is 236 Å². The molecule has 0 aromatic heterocycles. The first-order valence-corrected chi connectivity index (χ1v) is 14.6. The summed E-state index contributed by atoms with van der Waals surface area (Å²) >= 11 is 0. The van der Waals surface area contributed by atoms with Gasteiger partial charge in [0.05, 0.1) is 31.3 Å². The van der Waals surface area contributed by atoms with E-state index in [1.807, 2.05) is 62.4 Å². The summed E-state index contributed by atoms with van der Waals surface area (Å²) in [5, 5.41) is 10.4. The molecule has 2 saturated heterocycles. The van der Waals surface area contributed by atoms with Gasteiger partial charge in [0, 0.05) is 31.0 Å². The second-order valence-corrected chi connectivity index (χ2v) is 11.4. The monoisotopic (exact) mass is 551 g/mol. The Bertz CT molecular complexity index is 1180. The van der Waals surface area contributed by atoms with Crippen LogP contribution >= 0.6 is 0 Å². The van der Waals surface area contributed by atoms with Crippen LogP contribution in [0.4, 0.5) is 11.4 Å². The molecule has 1 aromatic carbocycles. The maximum absolute atomic E-state index is 14.6. The van der Waals surface area contributed by atoms with E-state index in [-0.39, 0.29) is 30.9 Å². The number of allylic oxidation sites excluding steroid dienone is 1. The minimum absolute atomic E-state index is 0.130. The van der Waals surface area contributed by atoms with Crippen molar-refractivity contribution in [1.29, 1.82) is 0 Å². The standard InChI is InChI=1S/C31H41N3O6/c1-5-32(6-2)21-12-14-22(15-13-21)33-17-10-16-31-26(25-24(40-31)11-8-7-9-18-39-30(25)38)28(36)34(27(31)29(33)37)23(19-35)20(3)4/h8,10-16,20,23-27,35H,5-7,9,17-19H2,1-4H3/b11-8-/t23-,24+,25-,26-,27?,31-/m0/s1. The van der Waals surface area contributed by atoms with Gasteiger partial charge in [0.25, 0.3) is 5.91 Å². The van der Waals surface area contributed by atoms with Crippen molar-refractivity contribution in [2.45, 2.75) is 64.3 Å². The number of esters is 1. The average molecular weight is 552 g/mol. The topological polar surface area (TPSA) is 99.6 Å². The SMILES string of the molecule is CCN(CC)c1ccc(N2CC=C[C@]34O[C@@H]5/C=C\CCCOC(=O)[C@@H]5[C@H]3C(=O)N([C@@H](CO)C(C)C)C4C2=O)cc1. The number of carbonyl (C=O) groups excluding carboxylic acids is 3. The normalized spacial score (nSPS) is 31.5. The number of anilines is 2. The molecule has 0 saturated carbocycles. The fourth-order valence-corrected chi connectivity index (χ4v) is 6.83. The van der Waals surface area contributed by atoms with Crippen LogP contribution in [0.15, 0.2) is 48.6 Å². The predicted molar refractivity (Wildman–Crippen MR) is 152 cm³/mol. The lowest BCUT2D eigenvalue weighted by Crippen LogP contribution is -2.59. The summed E-state index contributed by atoms with van der Waals surface area (Å²) in [4.78, 5) is 47.6. The molecule has 1 aromatic rings. The lowest BCUT2D eigenvalue weighted by Gasteiger charge is -2.39. The van der Waals surface area contributed by atoms with Crippen molar-refractivity contribution in [3.63, 3.8) is 0 Å². The van der Waals surface area contributed by atoms with Crippen LogP contribution in [-0.2, 0) is 23.9 Å². The van der Waals surface area contributed by atoms with Crippen LogP contribution in [0.3, 0.4) is 0 Å². The number of benzene rings is 1. The van der Waals surface area contributed by atoms with Crippen molar-refractivity contribution in [2.75, 3.05) is 42.6 Å². The molecule has 40 heavy (non-hydrogen) atoms. The van der Waals surface area contributed by atoms with Gasteiger partial charge in [-0.3, -0.25) is 14.4 Å². The largest absolute Gasteiger partial charge is 0.465 e. The van der Waals surface area contributed by atoms with Crippen LogP contribution in [0.25, 0.3) is 0 Å². The van der Waals surface area contributed by atoms with Gasteiger partial charge in [-0.1, -0.05) is 38.2 Å². The quantitative estimate of drug-likeness (QED) is 0.411. The maximum Gasteiger partial charge on any atom is 0.312 e. The van der Waals surface area contributed by atoms with Gasteiger partial charge in [-0.25, -0.2) is 0 Å². The molecule has 4 aliphatic rings. The number of aliphatic hydroxyl groups is 1. The minimum atomic E-state index is -1.36. The molecule has 9 heteroatoms. The first-order valence-electron chi connectivity index (χ1n) is 14.6. The number of hydrogen-bond acceptors (Lipinski definition) is 7. The third-order valence-corrected chi connectivity index (χ3v) is 8.89. The molecule has 2 fully saturated rings. The Balaban J connectivity index is 1.59. The van der Waals surface area contributed by atoms with Gasteiger partial charge in [0.15, 0.2) is 0 Å². The minimum Gasteiger partial charge on any atom is -0.465 e. The van der Waals surface area contributed by atoms with Gasteiger partial charge in [0.2, 0.25) is 5.91 Å². The first-order chi connectivity index (χ1) is 19.3. The fourth-order valence-electron chi connectivity index (χ4n) is 6.83. The first kappa shape index (κ1) is 28.4. The highest BCUT2D eigenvalue weighted by atomic mass is 16.6. The molecule has 0 radical (unpaired) electrons. The van der Waals surface area contributed by atoms with Gasteiger partial charge in [-0.2, -0.15) is 0 Å². The summed E-state index contributed by atoms with van der Waals surface area (Å²) < 4.78 is 12.2. The van der Waals surface area contributed by atoms with Crippen LogP contribution in [0.1, 0.15) is 40.5 Å².